The number of carboxylic acids is 1. The fraction of sp³-hybridized carbons (Fsp3) is 0.500. The Kier molecular flexibility index (Phi) is 4.84. The maximum Gasteiger partial charge on any atom is 0.137 e. The van der Waals surface area contributed by atoms with Gasteiger partial charge in [-0.15, -0.1) is 0 Å². The molecular formula is C16H21ClN4O2. The van der Waals surface area contributed by atoms with Crippen LogP contribution in [0.3, 0.4) is 0 Å². The molecule has 1 aliphatic rings. The summed E-state index contributed by atoms with van der Waals surface area (Å²) in [4.78, 5) is 19.4. The van der Waals surface area contributed by atoms with Gasteiger partial charge in [0.1, 0.15) is 5.65 Å². The van der Waals surface area contributed by atoms with Gasteiger partial charge < -0.3 is 19.2 Å². The van der Waals surface area contributed by atoms with Crippen molar-refractivity contribution in [2.24, 2.45) is 0 Å². The number of hydrogen-bond acceptors (Lipinski definition) is 4. The number of pyridine rings is 1. The second-order valence-electron chi connectivity index (χ2n) is 6.01. The lowest BCUT2D eigenvalue weighted by Gasteiger charge is -2.31. The summed E-state index contributed by atoms with van der Waals surface area (Å²) in [7, 11) is 0. The number of nitrogens with zero attached hydrogens (tertiary/aromatic N) is 3. The average Bonchev–Trinajstić information content (AvgIpc) is 2.84. The van der Waals surface area contributed by atoms with Gasteiger partial charge in [0.2, 0.25) is 0 Å². The zero-order valence-corrected chi connectivity index (χ0v) is 14.0. The highest BCUT2D eigenvalue weighted by Crippen LogP contribution is 2.19. The highest BCUT2D eigenvalue weighted by atomic mass is 35.5. The van der Waals surface area contributed by atoms with Gasteiger partial charge in [-0.3, -0.25) is 4.90 Å². The molecule has 0 saturated carbocycles. The van der Waals surface area contributed by atoms with Crippen LogP contribution < -0.4 is 10.0 Å². The number of likely N-dealkylation sites (N-methyl/N-ethyl adjacent to an activating group) is 1. The second-order valence-corrected chi connectivity index (χ2v) is 6.45. The topological polar surface area (TPSA) is 65.1 Å². The first-order valence-corrected chi connectivity index (χ1v) is 8.35. The molecule has 1 fully saturated rings. The first-order valence-electron chi connectivity index (χ1n) is 7.98. The van der Waals surface area contributed by atoms with Crippen LogP contribution in [0.4, 0.5) is 0 Å². The number of quaternary nitrogens is 1. The Labute approximate surface area is 140 Å². The molecule has 23 heavy (non-hydrogen) atoms. The van der Waals surface area contributed by atoms with Crippen molar-refractivity contribution in [3.63, 3.8) is 0 Å². The van der Waals surface area contributed by atoms with Crippen LogP contribution in [0.5, 0.6) is 0 Å². The number of imidazole rings is 1. The number of nitrogens with one attached hydrogen (secondary N) is 1. The van der Waals surface area contributed by atoms with Gasteiger partial charge in [-0.25, -0.2) is 4.98 Å². The minimum absolute atomic E-state index is 0.172. The van der Waals surface area contributed by atoms with Crippen molar-refractivity contribution in [3.8, 4) is 0 Å². The van der Waals surface area contributed by atoms with Crippen LogP contribution in [-0.2, 0) is 17.8 Å². The number of aliphatic carboxylic acids is 1. The summed E-state index contributed by atoms with van der Waals surface area (Å²) in [5.74, 6) is -1.11. The summed E-state index contributed by atoms with van der Waals surface area (Å²) in [6, 6.07) is 3.57. The van der Waals surface area contributed by atoms with Crippen molar-refractivity contribution in [2.75, 3.05) is 32.7 Å². The van der Waals surface area contributed by atoms with E-state index in [1.54, 1.807) is 17.2 Å². The zero-order valence-electron chi connectivity index (χ0n) is 13.2. The van der Waals surface area contributed by atoms with E-state index in [4.69, 9.17) is 11.6 Å². The molecule has 0 bridgehead atoms. The summed E-state index contributed by atoms with van der Waals surface area (Å²) in [6.45, 7) is 8.27. The third-order valence-corrected chi connectivity index (χ3v) is 4.74. The summed E-state index contributed by atoms with van der Waals surface area (Å²) < 4.78 is 1.90. The van der Waals surface area contributed by atoms with E-state index in [0.717, 1.165) is 44.1 Å². The Morgan fingerprint density at radius 3 is 2.78 bits per heavy atom. The first-order chi connectivity index (χ1) is 11.1. The Morgan fingerprint density at radius 2 is 2.13 bits per heavy atom. The number of hydrogen-bond donors (Lipinski definition) is 1. The minimum atomic E-state index is -1.11. The Hall–Kier alpha value is -1.63. The van der Waals surface area contributed by atoms with Crippen LogP contribution in [0.15, 0.2) is 18.3 Å². The summed E-state index contributed by atoms with van der Waals surface area (Å²) in [5.41, 5.74) is 2.18. The standard InChI is InChI=1S/C16H21ClN4O2/c1-2-19-5-7-20(8-6-19)11-14-13(9-16(22)23)18-15-4-3-12(17)10-21(14)15/h3-4,10H,2,5-9,11H2,1H3,(H,22,23). The molecule has 1 N–H and O–H groups in total. The number of carboxylic acid groups (broad SMARTS) is 1. The Balaban J connectivity index is 1.88. The molecule has 2 aromatic rings. The summed E-state index contributed by atoms with van der Waals surface area (Å²) in [5, 5.41) is 11.6. The molecule has 7 heteroatoms. The fourth-order valence-corrected chi connectivity index (χ4v) is 3.32. The smallest absolute Gasteiger partial charge is 0.137 e. The van der Waals surface area contributed by atoms with Gasteiger partial charge in [-0.1, -0.05) is 11.6 Å². The molecule has 0 unspecified atom stereocenters. The largest absolute Gasteiger partial charge is 0.550 e. The van der Waals surface area contributed by atoms with Gasteiger partial charge in [0.15, 0.2) is 0 Å². The van der Waals surface area contributed by atoms with Gasteiger partial charge in [-0.2, -0.15) is 0 Å². The predicted molar refractivity (Wildman–Crippen MR) is 85.4 cm³/mol. The number of carbonyl (C=O) groups excluding carboxylic acids is 1. The van der Waals surface area contributed by atoms with Crippen molar-refractivity contribution in [1.29, 1.82) is 0 Å². The molecule has 3 rings (SSSR count). The van der Waals surface area contributed by atoms with E-state index >= 15 is 0 Å². The van der Waals surface area contributed by atoms with Crippen LogP contribution >= 0.6 is 11.6 Å². The minimum Gasteiger partial charge on any atom is -0.550 e. The van der Waals surface area contributed by atoms with Gasteiger partial charge in [0, 0.05) is 38.2 Å². The quantitative estimate of drug-likeness (QED) is 0.761. The molecule has 0 aromatic carbocycles. The Bertz CT molecular complexity index is 707. The molecule has 1 aliphatic heterocycles. The third-order valence-electron chi connectivity index (χ3n) is 4.51. The maximum absolute atomic E-state index is 11.0. The van der Waals surface area contributed by atoms with E-state index in [-0.39, 0.29) is 6.42 Å². The normalized spacial score (nSPS) is 17.0. The molecule has 2 aromatic heterocycles. The third kappa shape index (κ3) is 3.65. The molecule has 124 valence electrons. The average molecular weight is 337 g/mol. The molecule has 0 aliphatic carbocycles. The van der Waals surface area contributed by atoms with Crippen molar-refractivity contribution >= 4 is 23.2 Å². The van der Waals surface area contributed by atoms with E-state index < -0.39 is 5.97 Å². The SMILES string of the molecule is CC[NH+]1CCN(Cc2c(CC(=O)[O-])nc3ccc(Cl)cn23)CC1. The lowest BCUT2D eigenvalue weighted by molar-refractivity contribution is -0.902. The van der Waals surface area contributed by atoms with Crippen molar-refractivity contribution < 1.29 is 14.8 Å². The van der Waals surface area contributed by atoms with Crippen molar-refractivity contribution in [3.05, 3.63) is 34.7 Å². The summed E-state index contributed by atoms with van der Waals surface area (Å²) >= 11 is 6.09. The number of halogens is 1. The molecule has 6 nitrogen and oxygen atoms in total. The van der Waals surface area contributed by atoms with Gasteiger partial charge in [0.05, 0.1) is 36.0 Å². The van der Waals surface area contributed by atoms with E-state index in [1.807, 2.05) is 10.5 Å². The maximum atomic E-state index is 11.0. The van der Waals surface area contributed by atoms with E-state index in [9.17, 15) is 9.90 Å². The van der Waals surface area contributed by atoms with Crippen molar-refractivity contribution in [2.45, 2.75) is 19.9 Å². The number of carbonyl (C=O) groups is 1. The number of aromatic nitrogens is 2. The van der Waals surface area contributed by atoms with Crippen LogP contribution in [0.2, 0.25) is 5.02 Å². The van der Waals surface area contributed by atoms with Gasteiger partial charge in [0.25, 0.3) is 0 Å². The highest BCUT2D eigenvalue weighted by molar-refractivity contribution is 6.30. The van der Waals surface area contributed by atoms with Crippen molar-refractivity contribution in [1.82, 2.24) is 14.3 Å². The van der Waals surface area contributed by atoms with Crippen LogP contribution in [0.1, 0.15) is 18.3 Å². The van der Waals surface area contributed by atoms with Gasteiger partial charge in [-0.05, 0) is 19.1 Å². The highest BCUT2D eigenvalue weighted by Gasteiger charge is 2.21. The van der Waals surface area contributed by atoms with Crippen LogP contribution in [0, 0.1) is 0 Å². The molecule has 3 heterocycles. The van der Waals surface area contributed by atoms with E-state index in [2.05, 4.69) is 16.8 Å². The molecule has 0 atom stereocenters. The van der Waals surface area contributed by atoms with Crippen LogP contribution in [0.25, 0.3) is 5.65 Å². The Morgan fingerprint density at radius 1 is 1.39 bits per heavy atom. The fourth-order valence-electron chi connectivity index (χ4n) is 3.15. The van der Waals surface area contributed by atoms with Crippen LogP contribution in [-0.4, -0.2) is 53.0 Å². The predicted octanol–water partition coefficient (Wildman–Crippen LogP) is -0.999. The summed E-state index contributed by atoms with van der Waals surface area (Å²) in [6.07, 6.45) is 1.63. The lowest BCUT2D eigenvalue weighted by atomic mass is 10.2. The molecule has 1 saturated heterocycles. The number of piperazine rings is 1. The monoisotopic (exact) mass is 336 g/mol. The number of rotatable bonds is 5. The zero-order chi connectivity index (χ0) is 16.4. The molecule has 0 spiro atoms. The first kappa shape index (κ1) is 16.2. The molecule has 0 amide bonds. The van der Waals surface area contributed by atoms with Gasteiger partial charge >= 0.3 is 0 Å². The van der Waals surface area contributed by atoms with E-state index in [0.29, 0.717) is 17.3 Å². The second kappa shape index (κ2) is 6.86. The van der Waals surface area contributed by atoms with E-state index in [1.165, 1.54) is 0 Å². The molecule has 0 radical (unpaired) electrons. The molecular weight excluding hydrogens is 316 g/mol. The lowest BCUT2D eigenvalue weighted by Crippen LogP contribution is -3.14. The number of fused-ring (bicyclic) bond motifs is 1.